The third kappa shape index (κ3) is 3.24. The molecule has 1 N–H and O–H groups in total. The van der Waals surface area contributed by atoms with E-state index >= 15 is 0 Å². The minimum Gasteiger partial charge on any atom is -0.302 e. The van der Waals surface area contributed by atoms with Gasteiger partial charge in [-0.3, -0.25) is 10.1 Å². The number of nitrogens with one attached hydrogen (secondary N) is 1. The van der Waals surface area contributed by atoms with Crippen LogP contribution in [0.5, 0.6) is 0 Å². The zero-order chi connectivity index (χ0) is 11.3. The highest BCUT2D eigenvalue weighted by atomic mass is 35.5. The second kappa shape index (κ2) is 5.35. The second-order valence-electron chi connectivity index (χ2n) is 2.85. The van der Waals surface area contributed by atoms with E-state index in [-0.39, 0.29) is 10.7 Å². The number of nitro groups is 1. The normalized spacial score (nSPS) is 9.60. The summed E-state index contributed by atoms with van der Waals surface area (Å²) in [6, 6.07) is 4.66. The van der Waals surface area contributed by atoms with Crippen LogP contribution in [0.3, 0.4) is 0 Å². The number of benzene rings is 1. The fourth-order valence-electron chi connectivity index (χ4n) is 1.09. The Kier molecular flexibility index (Phi) is 4.10. The monoisotopic (exact) mass is 224 g/mol. The fourth-order valence-corrected chi connectivity index (χ4v) is 1.27. The van der Waals surface area contributed by atoms with Crippen LogP contribution in [-0.2, 0) is 6.54 Å². The maximum Gasteiger partial charge on any atom is 0.288 e. The van der Waals surface area contributed by atoms with Crippen molar-refractivity contribution in [1.29, 1.82) is 0 Å². The molecule has 0 aliphatic carbocycles. The van der Waals surface area contributed by atoms with E-state index in [1.165, 1.54) is 12.1 Å². The van der Waals surface area contributed by atoms with Gasteiger partial charge in [0.25, 0.3) is 5.69 Å². The molecule has 0 saturated carbocycles. The molecule has 0 radical (unpaired) electrons. The summed E-state index contributed by atoms with van der Waals surface area (Å²) < 4.78 is 0. The Balaban J connectivity index is 2.79. The van der Waals surface area contributed by atoms with Crippen molar-refractivity contribution in [2.45, 2.75) is 6.54 Å². The van der Waals surface area contributed by atoms with Crippen LogP contribution in [0.4, 0.5) is 5.69 Å². The Bertz CT molecular complexity index is 412. The molecule has 0 heterocycles. The Hall–Kier alpha value is -1.57. The molecule has 0 atom stereocenters. The largest absolute Gasteiger partial charge is 0.302 e. The van der Waals surface area contributed by atoms with E-state index in [4.69, 9.17) is 18.0 Å². The molecule has 0 saturated heterocycles. The minimum atomic E-state index is -0.507. The van der Waals surface area contributed by atoms with Gasteiger partial charge < -0.3 is 5.32 Å². The molecule has 0 amide bonds. The van der Waals surface area contributed by atoms with E-state index < -0.39 is 4.92 Å². The van der Waals surface area contributed by atoms with Crippen molar-refractivity contribution in [2.24, 2.45) is 0 Å². The van der Waals surface area contributed by atoms with Crippen LogP contribution in [0.2, 0.25) is 5.02 Å². The molecule has 0 aromatic heterocycles. The van der Waals surface area contributed by atoms with Crippen molar-refractivity contribution in [3.05, 3.63) is 38.9 Å². The quantitative estimate of drug-likeness (QED) is 0.368. The first-order valence-electron chi connectivity index (χ1n) is 4.22. The molecule has 1 aromatic rings. The highest BCUT2D eigenvalue weighted by molar-refractivity contribution is 6.32. The van der Waals surface area contributed by atoms with Gasteiger partial charge in [0.2, 0.25) is 0 Å². The summed E-state index contributed by atoms with van der Waals surface area (Å²) in [6.07, 6.45) is 5.05. The van der Waals surface area contributed by atoms with Crippen molar-refractivity contribution < 1.29 is 4.92 Å². The number of hydrogen-bond acceptors (Lipinski definition) is 3. The van der Waals surface area contributed by atoms with Crippen LogP contribution < -0.4 is 5.32 Å². The van der Waals surface area contributed by atoms with E-state index in [1.54, 1.807) is 6.07 Å². The minimum absolute atomic E-state index is 0.0864. The molecule has 0 aliphatic rings. The Labute approximate surface area is 92.4 Å². The molecular weight excluding hydrogens is 216 g/mol. The average Bonchev–Trinajstić information content (AvgIpc) is 2.20. The van der Waals surface area contributed by atoms with Crippen LogP contribution in [0.25, 0.3) is 0 Å². The maximum atomic E-state index is 10.6. The van der Waals surface area contributed by atoms with Crippen LogP contribution in [-0.4, -0.2) is 11.5 Å². The lowest BCUT2D eigenvalue weighted by molar-refractivity contribution is -0.384. The average molecular weight is 225 g/mol. The highest BCUT2D eigenvalue weighted by Crippen LogP contribution is 2.24. The summed E-state index contributed by atoms with van der Waals surface area (Å²) in [6.45, 7) is 0.915. The van der Waals surface area contributed by atoms with Crippen LogP contribution >= 0.6 is 11.6 Å². The van der Waals surface area contributed by atoms with E-state index in [0.717, 1.165) is 5.56 Å². The zero-order valence-corrected chi connectivity index (χ0v) is 8.62. The molecule has 0 spiro atoms. The van der Waals surface area contributed by atoms with Crippen LogP contribution in [0.1, 0.15) is 5.56 Å². The predicted molar refractivity (Wildman–Crippen MR) is 58.6 cm³/mol. The van der Waals surface area contributed by atoms with E-state index in [9.17, 15) is 10.1 Å². The van der Waals surface area contributed by atoms with Gasteiger partial charge in [0.05, 0.1) is 11.5 Å². The number of rotatable bonds is 4. The standard InChI is InChI=1S/C10H9ClN2O2/c1-2-5-12-7-8-3-4-9(11)10(6-8)13(14)15/h1,3-4,6,12H,5,7H2. The smallest absolute Gasteiger partial charge is 0.288 e. The Morgan fingerprint density at radius 1 is 1.60 bits per heavy atom. The second-order valence-corrected chi connectivity index (χ2v) is 3.26. The van der Waals surface area contributed by atoms with Crippen molar-refractivity contribution in [1.82, 2.24) is 5.32 Å². The van der Waals surface area contributed by atoms with Gasteiger partial charge in [0, 0.05) is 12.6 Å². The van der Waals surface area contributed by atoms with Gasteiger partial charge in [0.1, 0.15) is 5.02 Å². The van der Waals surface area contributed by atoms with Gasteiger partial charge in [0.15, 0.2) is 0 Å². The van der Waals surface area contributed by atoms with Crippen molar-refractivity contribution in [3.8, 4) is 12.3 Å². The molecule has 1 rings (SSSR count). The van der Waals surface area contributed by atoms with Crippen molar-refractivity contribution >= 4 is 17.3 Å². The fraction of sp³-hybridized carbons (Fsp3) is 0.200. The van der Waals surface area contributed by atoms with Crippen molar-refractivity contribution in [3.63, 3.8) is 0 Å². The topological polar surface area (TPSA) is 55.2 Å². The Morgan fingerprint density at radius 2 is 2.33 bits per heavy atom. The van der Waals surface area contributed by atoms with Gasteiger partial charge in [-0.25, -0.2) is 0 Å². The molecular formula is C10H9ClN2O2. The summed E-state index contributed by atoms with van der Waals surface area (Å²) in [5.41, 5.74) is 0.693. The molecule has 5 heteroatoms. The van der Waals surface area contributed by atoms with Gasteiger partial charge in [-0.2, -0.15) is 0 Å². The Morgan fingerprint density at radius 3 is 2.93 bits per heavy atom. The first-order valence-corrected chi connectivity index (χ1v) is 4.60. The molecule has 1 aromatic carbocycles. The molecule has 0 unspecified atom stereocenters. The summed E-state index contributed by atoms with van der Waals surface area (Å²) in [4.78, 5) is 10.1. The number of nitrogens with zero attached hydrogens (tertiary/aromatic N) is 1. The molecule has 0 fully saturated rings. The van der Waals surface area contributed by atoms with E-state index in [2.05, 4.69) is 11.2 Å². The van der Waals surface area contributed by atoms with Crippen LogP contribution in [0.15, 0.2) is 18.2 Å². The van der Waals surface area contributed by atoms with Gasteiger partial charge in [-0.1, -0.05) is 23.6 Å². The number of terminal acetylenes is 1. The molecule has 0 aliphatic heterocycles. The first-order chi connectivity index (χ1) is 7.15. The molecule has 0 bridgehead atoms. The third-order valence-electron chi connectivity index (χ3n) is 1.76. The molecule has 15 heavy (non-hydrogen) atoms. The predicted octanol–water partition coefficient (Wildman–Crippen LogP) is 1.97. The summed E-state index contributed by atoms with van der Waals surface area (Å²) >= 11 is 5.66. The lowest BCUT2D eigenvalue weighted by atomic mass is 10.2. The summed E-state index contributed by atoms with van der Waals surface area (Å²) in [5, 5.41) is 13.6. The third-order valence-corrected chi connectivity index (χ3v) is 2.08. The van der Waals surface area contributed by atoms with Gasteiger partial charge in [-0.15, -0.1) is 6.42 Å². The first kappa shape index (κ1) is 11.5. The zero-order valence-electron chi connectivity index (χ0n) is 7.87. The lowest BCUT2D eigenvalue weighted by Crippen LogP contribution is -2.13. The van der Waals surface area contributed by atoms with E-state index in [1.807, 2.05) is 0 Å². The summed E-state index contributed by atoms with van der Waals surface area (Å²) in [7, 11) is 0. The number of nitro benzene ring substituents is 1. The van der Waals surface area contributed by atoms with Crippen molar-refractivity contribution in [2.75, 3.05) is 6.54 Å². The van der Waals surface area contributed by atoms with Crippen LogP contribution in [0, 0.1) is 22.5 Å². The molecule has 4 nitrogen and oxygen atoms in total. The number of hydrogen-bond donors (Lipinski definition) is 1. The summed E-state index contributed by atoms with van der Waals surface area (Å²) in [5.74, 6) is 2.42. The van der Waals surface area contributed by atoms with Gasteiger partial charge >= 0.3 is 0 Å². The molecule has 78 valence electrons. The van der Waals surface area contributed by atoms with Gasteiger partial charge in [-0.05, 0) is 11.6 Å². The maximum absolute atomic E-state index is 10.6. The number of halogens is 1. The lowest BCUT2D eigenvalue weighted by Gasteiger charge is -2.02. The van der Waals surface area contributed by atoms with E-state index in [0.29, 0.717) is 13.1 Å². The highest BCUT2D eigenvalue weighted by Gasteiger charge is 2.11. The SMILES string of the molecule is C#CCNCc1ccc(Cl)c([N+](=O)[O-])c1.